The smallest absolute Gasteiger partial charge is 0.378 e. The molecule has 3 N–H and O–H groups in total. The van der Waals surface area contributed by atoms with Crippen LogP contribution in [0.2, 0.25) is 5.02 Å². The van der Waals surface area contributed by atoms with Crippen molar-refractivity contribution < 1.29 is 22.7 Å². The molecule has 2 aromatic rings. The Morgan fingerprint density at radius 3 is 2.49 bits per heavy atom. The summed E-state index contributed by atoms with van der Waals surface area (Å²) in [5.74, 6) is 0.718. The van der Waals surface area contributed by atoms with Gasteiger partial charge < -0.3 is 19.9 Å². The van der Waals surface area contributed by atoms with Gasteiger partial charge in [-0.2, -0.15) is 13.2 Å². The summed E-state index contributed by atoms with van der Waals surface area (Å²) in [6, 6.07) is 11.9. The molecule has 37 heavy (non-hydrogen) atoms. The largest absolute Gasteiger partial charge is 0.393 e. The normalized spacial score (nSPS) is 17.9. The first kappa shape index (κ1) is 25.3. The van der Waals surface area contributed by atoms with Crippen LogP contribution >= 0.6 is 11.6 Å². The maximum Gasteiger partial charge on any atom is 0.393 e. The number of hydrogen-bond donors (Lipinski definition) is 3. The maximum absolute atomic E-state index is 13.2. The first-order chi connectivity index (χ1) is 17.8. The molecule has 1 amide bonds. The number of hydrazine groups is 1. The lowest BCUT2D eigenvalue weighted by atomic mass is 10.0. The standard InChI is InChI=1S/C26H27ClF3N5O2/c27-21-6-5-19(15-26(28,29)30)20(13-21)16-35-8-7-31-24-23(35)14-22(32-33-24)17-1-3-18(4-2-17)25(36)34-9-11-37-12-10-34/h1-6,13-14,31-33H,7-12,15-16H2. The highest BCUT2D eigenvalue weighted by molar-refractivity contribution is 6.30. The predicted molar refractivity (Wildman–Crippen MR) is 134 cm³/mol. The van der Waals surface area contributed by atoms with Gasteiger partial charge in [0.1, 0.15) is 5.82 Å². The van der Waals surface area contributed by atoms with Gasteiger partial charge in [0.2, 0.25) is 0 Å². The Hall–Kier alpha value is -3.37. The summed E-state index contributed by atoms with van der Waals surface area (Å²) < 4.78 is 44.8. The van der Waals surface area contributed by atoms with Crippen molar-refractivity contribution in [1.29, 1.82) is 0 Å². The van der Waals surface area contributed by atoms with E-state index in [-0.39, 0.29) is 18.0 Å². The van der Waals surface area contributed by atoms with E-state index in [1.807, 2.05) is 23.1 Å². The minimum atomic E-state index is -4.31. The molecular weight excluding hydrogens is 507 g/mol. The first-order valence-corrected chi connectivity index (χ1v) is 12.4. The highest BCUT2D eigenvalue weighted by atomic mass is 35.5. The zero-order chi connectivity index (χ0) is 26.0. The van der Waals surface area contributed by atoms with E-state index in [1.54, 1.807) is 23.1 Å². The average Bonchev–Trinajstić information content (AvgIpc) is 2.90. The van der Waals surface area contributed by atoms with Crippen LogP contribution in [0.5, 0.6) is 0 Å². The van der Waals surface area contributed by atoms with E-state index in [4.69, 9.17) is 16.3 Å². The van der Waals surface area contributed by atoms with Crippen molar-refractivity contribution in [2.45, 2.75) is 19.1 Å². The lowest BCUT2D eigenvalue weighted by molar-refractivity contribution is -0.127. The molecule has 1 saturated heterocycles. The van der Waals surface area contributed by atoms with Crippen molar-refractivity contribution in [3.8, 4) is 0 Å². The topological polar surface area (TPSA) is 68.9 Å². The molecule has 5 rings (SSSR count). The number of nitrogens with zero attached hydrogens (tertiary/aromatic N) is 2. The van der Waals surface area contributed by atoms with Crippen LogP contribution in [-0.4, -0.2) is 61.3 Å². The van der Waals surface area contributed by atoms with Crippen LogP contribution in [0.1, 0.15) is 27.0 Å². The summed E-state index contributed by atoms with van der Waals surface area (Å²) in [6.07, 6.45) is -3.37. The number of carbonyl (C=O) groups excluding carboxylic acids is 1. The molecular formula is C26H27ClF3N5O2. The van der Waals surface area contributed by atoms with E-state index < -0.39 is 12.6 Å². The third-order valence-electron chi connectivity index (χ3n) is 6.55. The van der Waals surface area contributed by atoms with Crippen LogP contribution in [0.3, 0.4) is 0 Å². The SMILES string of the molecule is O=C(c1ccc(C2=CC3=C(NCCN3Cc3cc(Cl)ccc3CC(F)(F)F)NN2)cc1)N1CCOCC1. The van der Waals surface area contributed by atoms with E-state index in [9.17, 15) is 18.0 Å². The van der Waals surface area contributed by atoms with Crippen LogP contribution in [0.15, 0.2) is 60.1 Å². The summed E-state index contributed by atoms with van der Waals surface area (Å²) in [7, 11) is 0. The molecule has 0 atom stereocenters. The molecule has 3 aliphatic heterocycles. The number of ether oxygens (including phenoxy) is 1. The van der Waals surface area contributed by atoms with Crippen LogP contribution < -0.4 is 16.2 Å². The van der Waals surface area contributed by atoms with Gasteiger partial charge in [-0.3, -0.25) is 15.6 Å². The maximum atomic E-state index is 13.2. The molecule has 11 heteroatoms. The number of morpholine rings is 1. The minimum absolute atomic E-state index is 0.0256. The number of hydrogen-bond acceptors (Lipinski definition) is 6. The zero-order valence-electron chi connectivity index (χ0n) is 20.0. The predicted octanol–water partition coefficient (Wildman–Crippen LogP) is 3.64. The fraction of sp³-hybridized carbons (Fsp3) is 0.346. The van der Waals surface area contributed by atoms with Crippen LogP contribution in [-0.2, 0) is 17.7 Å². The van der Waals surface area contributed by atoms with Gasteiger partial charge in [-0.25, -0.2) is 0 Å². The Morgan fingerprint density at radius 1 is 1.00 bits per heavy atom. The molecule has 0 bridgehead atoms. The van der Waals surface area contributed by atoms with E-state index >= 15 is 0 Å². The number of amides is 1. The third-order valence-corrected chi connectivity index (χ3v) is 6.78. The number of allylic oxidation sites excluding steroid dienone is 1. The molecule has 0 aliphatic carbocycles. The number of benzene rings is 2. The molecule has 0 aromatic heterocycles. The van der Waals surface area contributed by atoms with E-state index in [0.29, 0.717) is 55.5 Å². The third kappa shape index (κ3) is 5.97. The second-order valence-electron chi connectivity index (χ2n) is 9.10. The first-order valence-electron chi connectivity index (χ1n) is 12.1. The Labute approximate surface area is 217 Å². The molecule has 1 fully saturated rings. The van der Waals surface area contributed by atoms with Crippen molar-refractivity contribution in [3.63, 3.8) is 0 Å². The lowest BCUT2D eigenvalue weighted by Crippen LogP contribution is -2.48. The number of alkyl halides is 3. The molecule has 0 unspecified atom stereocenters. The summed E-state index contributed by atoms with van der Waals surface area (Å²) in [5.41, 5.74) is 10.1. The molecule has 0 saturated carbocycles. The Kier molecular flexibility index (Phi) is 7.21. The Balaban J connectivity index is 1.36. The van der Waals surface area contributed by atoms with Crippen LogP contribution in [0.25, 0.3) is 5.70 Å². The van der Waals surface area contributed by atoms with Crippen LogP contribution in [0, 0.1) is 0 Å². The molecule has 196 valence electrons. The second kappa shape index (κ2) is 10.5. The van der Waals surface area contributed by atoms with Gasteiger partial charge in [-0.05, 0) is 47.0 Å². The number of rotatable bonds is 5. The van der Waals surface area contributed by atoms with E-state index in [2.05, 4.69) is 16.2 Å². The van der Waals surface area contributed by atoms with Crippen molar-refractivity contribution >= 4 is 23.2 Å². The fourth-order valence-corrected chi connectivity index (χ4v) is 4.85. The van der Waals surface area contributed by atoms with Gasteiger partial charge in [0.15, 0.2) is 0 Å². The molecule has 7 nitrogen and oxygen atoms in total. The summed E-state index contributed by atoms with van der Waals surface area (Å²) in [4.78, 5) is 16.6. The fourth-order valence-electron chi connectivity index (χ4n) is 4.66. The van der Waals surface area contributed by atoms with Gasteiger partial charge in [0.25, 0.3) is 5.91 Å². The van der Waals surface area contributed by atoms with E-state index in [1.165, 1.54) is 12.1 Å². The molecule has 0 radical (unpaired) electrons. The summed E-state index contributed by atoms with van der Waals surface area (Å²) >= 11 is 6.14. The highest BCUT2D eigenvalue weighted by Gasteiger charge is 2.30. The number of halogens is 4. The lowest BCUT2D eigenvalue weighted by Gasteiger charge is -2.37. The summed E-state index contributed by atoms with van der Waals surface area (Å²) in [6.45, 7) is 3.76. The van der Waals surface area contributed by atoms with Gasteiger partial charge in [-0.15, -0.1) is 0 Å². The molecule has 2 aromatic carbocycles. The highest BCUT2D eigenvalue weighted by Crippen LogP contribution is 2.29. The van der Waals surface area contributed by atoms with Gasteiger partial charge in [0, 0.05) is 43.3 Å². The van der Waals surface area contributed by atoms with Gasteiger partial charge in [-0.1, -0.05) is 29.8 Å². The molecule has 3 heterocycles. The van der Waals surface area contributed by atoms with E-state index in [0.717, 1.165) is 22.8 Å². The Morgan fingerprint density at radius 2 is 1.76 bits per heavy atom. The number of nitrogens with one attached hydrogen (secondary N) is 3. The van der Waals surface area contributed by atoms with Crippen molar-refractivity contribution in [1.82, 2.24) is 26.0 Å². The van der Waals surface area contributed by atoms with Crippen molar-refractivity contribution in [3.05, 3.63) is 87.3 Å². The minimum Gasteiger partial charge on any atom is -0.378 e. The zero-order valence-corrected chi connectivity index (χ0v) is 20.8. The molecule has 0 spiro atoms. The Bertz CT molecular complexity index is 1220. The van der Waals surface area contributed by atoms with Gasteiger partial charge in [0.05, 0.1) is 31.0 Å². The second-order valence-corrected chi connectivity index (χ2v) is 9.54. The van der Waals surface area contributed by atoms with Crippen molar-refractivity contribution in [2.75, 3.05) is 39.4 Å². The number of carbonyl (C=O) groups is 1. The van der Waals surface area contributed by atoms with Gasteiger partial charge >= 0.3 is 6.18 Å². The van der Waals surface area contributed by atoms with Crippen LogP contribution in [0.4, 0.5) is 13.2 Å². The quantitative estimate of drug-likeness (QED) is 0.545. The average molecular weight is 534 g/mol. The monoisotopic (exact) mass is 533 g/mol. The summed E-state index contributed by atoms with van der Waals surface area (Å²) in [5, 5.41) is 3.69. The van der Waals surface area contributed by atoms with Crippen molar-refractivity contribution in [2.24, 2.45) is 0 Å². The molecule has 3 aliphatic rings.